The van der Waals surface area contributed by atoms with Crippen LogP contribution in [0.1, 0.15) is 27.8 Å². The van der Waals surface area contributed by atoms with Crippen LogP contribution in [0.15, 0.2) is 102 Å². The number of methoxy groups -OCH3 is 1. The van der Waals surface area contributed by atoms with E-state index in [1.54, 1.807) is 66.7 Å². The Hall–Kier alpha value is -4.20. The van der Waals surface area contributed by atoms with Crippen LogP contribution in [0.3, 0.4) is 0 Å². The molecule has 0 radical (unpaired) electrons. The van der Waals surface area contributed by atoms with Crippen LogP contribution in [-0.4, -0.2) is 24.3 Å². The van der Waals surface area contributed by atoms with Crippen molar-refractivity contribution in [3.05, 3.63) is 128 Å². The van der Waals surface area contributed by atoms with Crippen LogP contribution in [0.25, 0.3) is 0 Å². The summed E-state index contributed by atoms with van der Waals surface area (Å²) in [7, 11) is 1.53. The molecule has 8 heteroatoms. The lowest BCUT2D eigenvalue weighted by Gasteiger charge is -2.27. The van der Waals surface area contributed by atoms with Gasteiger partial charge in [0.15, 0.2) is 17.1 Å². The molecule has 0 atom stereocenters. The molecule has 1 amide bonds. The number of hydrazone groups is 1. The average molecular weight is 617 g/mol. The molecule has 0 aliphatic heterocycles. The maximum atomic E-state index is 13.2. The summed E-state index contributed by atoms with van der Waals surface area (Å²) in [6.07, 6.45) is 1.47. The number of nitrogens with one attached hydrogen (secondary N) is 1. The molecule has 0 aliphatic rings. The van der Waals surface area contributed by atoms with Gasteiger partial charge in [-0.15, -0.1) is 0 Å². The first-order chi connectivity index (χ1) is 18.5. The molecule has 2 N–H and O–H groups in total. The third-order valence-electron chi connectivity index (χ3n) is 5.85. The van der Waals surface area contributed by atoms with Gasteiger partial charge in [0, 0.05) is 5.56 Å². The summed E-state index contributed by atoms with van der Waals surface area (Å²) >= 11 is 2.13. The lowest BCUT2D eigenvalue weighted by molar-refractivity contribution is -0.136. The highest BCUT2D eigenvalue weighted by atomic mass is 127. The van der Waals surface area contributed by atoms with Crippen molar-refractivity contribution in [3.8, 4) is 17.6 Å². The van der Waals surface area contributed by atoms with Gasteiger partial charge in [-0.05, 0) is 57.5 Å². The first-order valence-electron chi connectivity index (χ1n) is 11.6. The lowest BCUT2D eigenvalue weighted by Crippen LogP contribution is -2.43. The van der Waals surface area contributed by atoms with Crippen LogP contribution in [-0.2, 0) is 17.0 Å². The Morgan fingerprint density at radius 1 is 1.03 bits per heavy atom. The highest BCUT2D eigenvalue weighted by Crippen LogP contribution is 2.34. The Labute approximate surface area is 234 Å². The molecule has 0 spiro atoms. The van der Waals surface area contributed by atoms with Crippen LogP contribution >= 0.6 is 22.6 Å². The van der Waals surface area contributed by atoms with Crippen molar-refractivity contribution in [2.24, 2.45) is 5.10 Å². The van der Waals surface area contributed by atoms with E-state index in [-0.39, 0.29) is 6.61 Å². The smallest absolute Gasteiger partial charge is 0.281 e. The monoisotopic (exact) mass is 617 g/mol. The highest BCUT2D eigenvalue weighted by molar-refractivity contribution is 14.1. The summed E-state index contributed by atoms with van der Waals surface area (Å²) in [4.78, 5) is 13.2. The second kappa shape index (κ2) is 12.4. The summed E-state index contributed by atoms with van der Waals surface area (Å²) in [5.74, 6) is 0.317. The molecule has 4 aromatic carbocycles. The van der Waals surface area contributed by atoms with E-state index >= 15 is 0 Å². The van der Waals surface area contributed by atoms with E-state index in [1.165, 1.54) is 13.3 Å². The predicted octanol–water partition coefficient (Wildman–Crippen LogP) is 5.14. The third kappa shape index (κ3) is 5.85. The van der Waals surface area contributed by atoms with Crippen LogP contribution in [0.4, 0.5) is 0 Å². The van der Waals surface area contributed by atoms with E-state index < -0.39 is 11.5 Å². The largest absolute Gasteiger partial charge is 0.493 e. The minimum Gasteiger partial charge on any atom is -0.493 e. The van der Waals surface area contributed by atoms with Crippen molar-refractivity contribution in [1.29, 1.82) is 5.26 Å². The van der Waals surface area contributed by atoms with Crippen molar-refractivity contribution in [1.82, 2.24) is 5.43 Å². The number of nitriles is 1. The number of nitrogens with zero attached hydrogens (tertiary/aromatic N) is 2. The van der Waals surface area contributed by atoms with Crippen molar-refractivity contribution >= 4 is 34.7 Å². The molecule has 0 bridgehead atoms. The summed E-state index contributed by atoms with van der Waals surface area (Å²) < 4.78 is 12.3. The minimum atomic E-state index is -1.93. The lowest BCUT2D eigenvalue weighted by atomic mass is 9.85. The molecule has 190 valence electrons. The number of aliphatic hydroxyl groups is 1. The van der Waals surface area contributed by atoms with Gasteiger partial charge in [-0.25, -0.2) is 5.43 Å². The van der Waals surface area contributed by atoms with Gasteiger partial charge in [0.2, 0.25) is 0 Å². The minimum absolute atomic E-state index is 0.205. The predicted molar refractivity (Wildman–Crippen MR) is 153 cm³/mol. The molecule has 0 saturated heterocycles. The molecule has 4 rings (SSSR count). The van der Waals surface area contributed by atoms with Crippen LogP contribution in [0, 0.1) is 14.9 Å². The summed E-state index contributed by atoms with van der Waals surface area (Å²) in [6, 6.07) is 30.4. The number of carbonyl (C=O) groups excluding carboxylic acids is 1. The summed E-state index contributed by atoms with van der Waals surface area (Å²) in [5.41, 5.74) is 3.37. The molecule has 4 aromatic rings. The van der Waals surface area contributed by atoms with Crippen molar-refractivity contribution < 1.29 is 19.4 Å². The number of ether oxygens (including phenoxy) is 2. The number of carbonyl (C=O) groups is 1. The zero-order valence-corrected chi connectivity index (χ0v) is 22.6. The van der Waals surface area contributed by atoms with E-state index in [0.717, 1.165) is 9.13 Å². The van der Waals surface area contributed by atoms with Gasteiger partial charge in [-0.3, -0.25) is 4.79 Å². The van der Waals surface area contributed by atoms with E-state index in [1.807, 2.05) is 30.3 Å². The maximum absolute atomic E-state index is 13.2. The number of hydrogen-bond donors (Lipinski definition) is 2. The van der Waals surface area contributed by atoms with Gasteiger partial charge in [0.1, 0.15) is 6.61 Å². The Morgan fingerprint density at radius 3 is 2.24 bits per heavy atom. The standard InChI is InChI=1S/C30H24IN3O4/c1-37-27-17-21(16-26(31)28(27)38-20-23-11-9-8-10-22(23)18-32)19-33-34-29(35)30(36,24-12-4-2-5-13-24)25-14-6-3-7-15-25/h2-17,19,36H,20H2,1H3,(H,34,35)/b33-19+. The summed E-state index contributed by atoms with van der Waals surface area (Å²) in [5, 5.41) is 24.9. The zero-order valence-electron chi connectivity index (χ0n) is 20.5. The summed E-state index contributed by atoms with van der Waals surface area (Å²) in [6.45, 7) is 0.205. The Kier molecular flexibility index (Phi) is 8.73. The van der Waals surface area contributed by atoms with Gasteiger partial charge >= 0.3 is 0 Å². The van der Waals surface area contributed by atoms with Crippen molar-refractivity contribution in [3.63, 3.8) is 0 Å². The fraction of sp³-hybridized carbons (Fsp3) is 0.100. The van der Waals surface area contributed by atoms with Gasteiger partial charge in [0.25, 0.3) is 5.91 Å². The number of benzene rings is 4. The molecule has 0 heterocycles. The molecular weight excluding hydrogens is 593 g/mol. The van der Waals surface area contributed by atoms with Crippen LogP contribution in [0.5, 0.6) is 11.5 Å². The fourth-order valence-corrected chi connectivity index (χ4v) is 4.67. The van der Waals surface area contributed by atoms with E-state index in [9.17, 15) is 15.2 Å². The number of hydrogen-bond acceptors (Lipinski definition) is 6. The highest BCUT2D eigenvalue weighted by Gasteiger charge is 2.39. The topological polar surface area (TPSA) is 104 Å². The first-order valence-corrected chi connectivity index (χ1v) is 12.7. The first kappa shape index (κ1) is 26.9. The Morgan fingerprint density at radius 2 is 1.63 bits per heavy atom. The van der Waals surface area contributed by atoms with E-state index in [0.29, 0.717) is 33.8 Å². The van der Waals surface area contributed by atoms with Gasteiger partial charge < -0.3 is 14.6 Å². The van der Waals surface area contributed by atoms with Crippen molar-refractivity contribution in [2.75, 3.05) is 7.11 Å². The van der Waals surface area contributed by atoms with Crippen LogP contribution < -0.4 is 14.9 Å². The molecule has 0 saturated carbocycles. The molecule has 0 aliphatic carbocycles. The molecule has 0 aromatic heterocycles. The second-order valence-electron chi connectivity index (χ2n) is 8.23. The Balaban J connectivity index is 1.53. The van der Waals surface area contributed by atoms with Gasteiger partial charge in [-0.1, -0.05) is 78.9 Å². The van der Waals surface area contributed by atoms with Crippen molar-refractivity contribution in [2.45, 2.75) is 12.2 Å². The maximum Gasteiger partial charge on any atom is 0.281 e. The molecular formula is C30H24IN3O4. The number of rotatable bonds is 9. The Bertz CT molecular complexity index is 1450. The quantitative estimate of drug-likeness (QED) is 0.154. The van der Waals surface area contributed by atoms with Gasteiger partial charge in [-0.2, -0.15) is 10.4 Å². The molecule has 0 unspecified atom stereocenters. The van der Waals surface area contributed by atoms with E-state index in [4.69, 9.17) is 9.47 Å². The van der Waals surface area contributed by atoms with E-state index in [2.05, 4.69) is 39.2 Å². The molecule has 7 nitrogen and oxygen atoms in total. The normalized spacial score (nSPS) is 11.1. The van der Waals surface area contributed by atoms with Gasteiger partial charge in [0.05, 0.1) is 28.5 Å². The van der Waals surface area contributed by atoms with Crippen LogP contribution in [0.2, 0.25) is 0 Å². The fourth-order valence-electron chi connectivity index (χ4n) is 3.89. The molecule has 38 heavy (non-hydrogen) atoms. The number of halogens is 1. The SMILES string of the molecule is COc1cc(/C=N/NC(=O)C(O)(c2ccccc2)c2ccccc2)cc(I)c1OCc1ccccc1C#N. The average Bonchev–Trinajstić information content (AvgIpc) is 2.96. The third-order valence-corrected chi connectivity index (χ3v) is 6.65. The second-order valence-corrected chi connectivity index (χ2v) is 9.40. The molecule has 0 fully saturated rings. The zero-order chi connectivity index (χ0) is 27.0. The number of amides is 1.